The van der Waals surface area contributed by atoms with Crippen molar-refractivity contribution in [1.82, 2.24) is 15.6 Å². The molecule has 2 unspecified atom stereocenters. The molecule has 0 aliphatic carbocycles. The number of carbonyl (C=O) groups is 1. The van der Waals surface area contributed by atoms with Crippen LogP contribution in [0.5, 0.6) is 0 Å². The van der Waals surface area contributed by atoms with Crippen molar-refractivity contribution >= 4 is 53.3 Å². The van der Waals surface area contributed by atoms with Crippen molar-refractivity contribution in [2.75, 3.05) is 38.2 Å². The third-order valence-corrected chi connectivity index (χ3v) is 4.73. The van der Waals surface area contributed by atoms with Crippen molar-refractivity contribution in [1.29, 1.82) is 0 Å². The second-order valence-corrected chi connectivity index (χ2v) is 7.15. The summed E-state index contributed by atoms with van der Waals surface area (Å²) >= 11 is 6.04. The van der Waals surface area contributed by atoms with Crippen molar-refractivity contribution in [2.24, 2.45) is 10.9 Å². The monoisotopic (exact) mass is 563 g/mol. The fourth-order valence-electron chi connectivity index (χ4n) is 2.91. The van der Waals surface area contributed by atoms with Gasteiger partial charge in [0.1, 0.15) is 5.82 Å². The van der Waals surface area contributed by atoms with Crippen LogP contribution in [0.4, 0.5) is 19.0 Å². The molecular formula is C18H26ClF3IN5O2. The number of nitrogens with one attached hydrogen (secondary N) is 2. The van der Waals surface area contributed by atoms with Gasteiger partial charge in [0.25, 0.3) is 0 Å². The van der Waals surface area contributed by atoms with E-state index in [0.717, 1.165) is 18.7 Å². The quantitative estimate of drug-likeness (QED) is 0.239. The SMILES string of the molecule is CCNC(=NCC(C)C(=O)OC)NC1CCN(c2ncc(C(F)(F)F)cc2Cl)C1.I. The Kier molecular flexibility index (Phi) is 10.4. The minimum atomic E-state index is -4.48. The molecule has 0 bridgehead atoms. The third-order valence-electron chi connectivity index (χ3n) is 4.45. The highest BCUT2D eigenvalue weighted by molar-refractivity contribution is 14.0. The number of halogens is 5. The molecule has 0 radical (unpaired) electrons. The van der Waals surface area contributed by atoms with Gasteiger partial charge in [0.05, 0.1) is 30.2 Å². The maximum absolute atomic E-state index is 12.8. The summed E-state index contributed by atoms with van der Waals surface area (Å²) in [6, 6.07) is 0.895. The summed E-state index contributed by atoms with van der Waals surface area (Å²) in [6.07, 6.45) is -2.96. The van der Waals surface area contributed by atoms with E-state index in [1.165, 1.54) is 7.11 Å². The van der Waals surface area contributed by atoms with Crippen molar-refractivity contribution in [3.63, 3.8) is 0 Å². The molecule has 0 spiro atoms. The Bertz CT molecular complexity index is 751. The molecule has 7 nitrogen and oxygen atoms in total. The number of methoxy groups -OCH3 is 1. The maximum atomic E-state index is 12.8. The van der Waals surface area contributed by atoms with E-state index in [2.05, 4.69) is 20.6 Å². The molecular weight excluding hydrogens is 538 g/mol. The summed E-state index contributed by atoms with van der Waals surface area (Å²) < 4.78 is 43.1. The Labute approximate surface area is 195 Å². The minimum absolute atomic E-state index is 0. The Morgan fingerprint density at radius 1 is 1.50 bits per heavy atom. The summed E-state index contributed by atoms with van der Waals surface area (Å²) in [6.45, 7) is 5.66. The number of guanidine groups is 1. The van der Waals surface area contributed by atoms with Crippen LogP contribution in [0.15, 0.2) is 17.3 Å². The first-order valence-corrected chi connectivity index (χ1v) is 9.63. The zero-order valence-corrected chi connectivity index (χ0v) is 20.0. The van der Waals surface area contributed by atoms with Crippen LogP contribution in [0, 0.1) is 5.92 Å². The highest BCUT2D eigenvalue weighted by Crippen LogP contribution is 2.34. The maximum Gasteiger partial charge on any atom is 0.417 e. The number of anilines is 1. The fraction of sp³-hybridized carbons (Fsp3) is 0.611. The van der Waals surface area contributed by atoms with Gasteiger partial charge >= 0.3 is 12.1 Å². The van der Waals surface area contributed by atoms with Crippen LogP contribution in [-0.2, 0) is 15.7 Å². The van der Waals surface area contributed by atoms with Crippen LogP contribution < -0.4 is 15.5 Å². The van der Waals surface area contributed by atoms with Crippen LogP contribution in [0.25, 0.3) is 0 Å². The summed E-state index contributed by atoms with van der Waals surface area (Å²) in [5.41, 5.74) is -0.874. The Morgan fingerprint density at radius 3 is 2.77 bits per heavy atom. The Morgan fingerprint density at radius 2 is 2.20 bits per heavy atom. The van der Waals surface area contributed by atoms with Gasteiger partial charge in [0.2, 0.25) is 0 Å². The molecule has 1 saturated heterocycles. The standard InChI is InChI=1S/C18H25ClF3N5O2.HI/c1-4-23-17(25-8-11(2)16(28)29-3)26-13-5-6-27(10-13)15-14(19)7-12(9-24-15)18(20,21)22;/h7,9,11,13H,4-6,8,10H2,1-3H3,(H2,23,25,26);1H. The van der Waals surface area contributed by atoms with Gasteiger partial charge in [-0.3, -0.25) is 9.79 Å². The lowest BCUT2D eigenvalue weighted by Crippen LogP contribution is -2.45. The average Bonchev–Trinajstić information content (AvgIpc) is 3.12. The van der Waals surface area contributed by atoms with Gasteiger partial charge in [-0.2, -0.15) is 13.2 Å². The first kappa shape index (κ1) is 26.5. The number of rotatable bonds is 6. The number of hydrogen-bond acceptors (Lipinski definition) is 5. The molecule has 170 valence electrons. The number of alkyl halides is 3. The van der Waals surface area contributed by atoms with E-state index in [1.807, 2.05) is 11.8 Å². The zero-order chi connectivity index (χ0) is 21.6. The topological polar surface area (TPSA) is 78.8 Å². The lowest BCUT2D eigenvalue weighted by molar-refractivity contribution is -0.144. The van der Waals surface area contributed by atoms with Crippen molar-refractivity contribution in [3.05, 3.63) is 22.8 Å². The number of ether oxygens (including phenoxy) is 1. The van der Waals surface area contributed by atoms with Crippen LogP contribution in [0.3, 0.4) is 0 Å². The first-order valence-electron chi connectivity index (χ1n) is 9.26. The van der Waals surface area contributed by atoms with Crippen molar-refractivity contribution < 1.29 is 22.7 Å². The van der Waals surface area contributed by atoms with E-state index in [4.69, 9.17) is 16.3 Å². The normalized spacial score (nSPS) is 17.9. The molecule has 1 aliphatic rings. The summed E-state index contributed by atoms with van der Waals surface area (Å²) in [7, 11) is 1.33. The van der Waals surface area contributed by atoms with Crippen LogP contribution in [-0.4, -0.2) is 56.2 Å². The molecule has 12 heteroatoms. The van der Waals surface area contributed by atoms with Gasteiger partial charge in [0.15, 0.2) is 5.96 Å². The molecule has 2 heterocycles. The number of carbonyl (C=O) groups excluding carboxylic acids is 1. The Hall–Kier alpha value is -1.50. The molecule has 0 aromatic carbocycles. The van der Waals surface area contributed by atoms with E-state index < -0.39 is 11.7 Å². The molecule has 2 N–H and O–H groups in total. The molecule has 2 rings (SSSR count). The second kappa shape index (κ2) is 11.8. The minimum Gasteiger partial charge on any atom is -0.469 e. The first-order chi connectivity index (χ1) is 13.7. The predicted octanol–water partition coefficient (Wildman–Crippen LogP) is 3.31. The van der Waals surface area contributed by atoms with Crippen LogP contribution in [0.2, 0.25) is 5.02 Å². The summed E-state index contributed by atoms with van der Waals surface area (Å²) in [4.78, 5) is 21.7. The van der Waals surface area contributed by atoms with E-state index in [-0.39, 0.29) is 53.5 Å². The Balaban J connectivity index is 0.00000450. The number of pyridine rings is 1. The summed E-state index contributed by atoms with van der Waals surface area (Å²) in [5.74, 6) is 0.178. The van der Waals surface area contributed by atoms with E-state index in [9.17, 15) is 18.0 Å². The molecule has 0 amide bonds. The lowest BCUT2D eigenvalue weighted by Gasteiger charge is -2.21. The molecule has 1 aromatic heterocycles. The number of aliphatic imine (C=N–C) groups is 1. The highest BCUT2D eigenvalue weighted by atomic mass is 127. The summed E-state index contributed by atoms with van der Waals surface area (Å²) in [5, 5.41) is 6.36. The number of hydrogen-bond donors (Lipinski definition) is 2. The predicted molar refractivity (Wildman–Crippen MR) is 121 cm³/mol. The number of nitrogens with zero attached hydrogens (tertiary/aromatic N) is 3. The van der Waals surface area contributed by atoms with Crippen LogP contribution >= 0.6 is 35.6 Å². The fourth-order valence-corrected chi connectivity index (χ4v) is 3.19. The van der Waals surface area contributed by atoms with E-state index >= 15 is 0 Å². The average molecular weight is 564 g/mol. The van der Waals surface area contributed by atoms with Gasteiger partial charge in [0, 0.05) is 31.9 Å². The van der Waals surface area contributed by atoms with Gasteiger partial charge in [-0.1, -0.05) is 18.5 Å². The molecule has 1 aromatic rings. The second-order valence-electron chi connectivity index (χ2n) is 6.75. The zero-order valence-electron chi connectivity index (χ0n) is 16.9. The van der Waals surface area contributed by atoms with Crippen LogP contribution in [0.1, 0.15) is 25.8 Å². The smallest absolute Gasteiger partial charge is 0.417 e. The van der Waals surface area contributed by atoms with Gasteiger partial charge in [-0.05, 0) is 19.4 Å². The molecule has 0 saturated carbocycles. The van der Waals surface area contributed by atoms with Crippen molar-refractivity contribution in [3.8, 4) is 0 Å². The lowest BCUT2D eigenvalue weighted by atomic mass is 10.2. The van der Waals surface area contributed by atoms with E-state index in [1.54, 1.807) is 6.92 Å². The third kappa shape index (κ3) is 7.33. The molecule has 1 fully saturated rings. The molecule has 2 atom stereocenters. The number of aromatic nitrogens is 1. The highest BCUT2D eigenvalue weighted by Gasteiger charge is 2.33. The number of esters is 1. The van der Waals surface area contributed by atoms with E-state index in [0.29, 0.717) is 31.4 Å². The van der Waals surface area contributed by atoms with Gasteiger partial charge in [-0.25, -0.2) is 4.98 Å². The molecule has 30 heavy (non-hydrogen) atoms. The molecule has 1 aliphatic heterocycles. The van der Waals surface area contributed by atoms with Crippen molar-refractivity contribution in [2.45, 2.75) is 32.5 Å². The van der Waals surface area contributed by atoms with Gasteiger partial charge in [-0.15, -0.1) is 24.0 Å². The van der Waals surface area contributed by atoms with Gasteiger partial charge < -0.3 is 20.3 Å². The largest absolute Gasteiger partial charge is 0.469 e.